The summed E-state index contributed by atoms with van der Waals surface area (Å²) in [7, 11) is 0. The van der Waals surface area contributed by atoms with Crippen LogP contribution < -0.4 is 5.32 Å². The second-order valence-corrected chi connectivity index (χ2v) is 11.5. The average Bonchev–Trinajstić information content (AvgIpc) is 2.88. The number of amides is 2. The number of rotatable bonds is 7. The van der Waals surface area contributed by atoms with Gasteiger partial charge in [0, 0.05) is 37.8 Å². The van der Waals surface area contributed by atoms with Crippen molar-refractivity contribution in [2.24, 2.45) is 11.8 Å². The van der Waals surface area contributed by atoms with Crippen molar-refractivity contribution in [3.05, 3.63) is 65.0 Å². The number of hydrogen-bond acceptors (Lipinski definition) is 4. The quantitative estimate of drug-likeness (QED) is 0.575. The van der Waals surface area contributed by atoms with E-state index in [2.05, 4.69) is 39.5 Å². The lowest BCUT2D eigenvalue weighted by Gasteiger charge is -2.43. The maximum absolute atomic E-state index is 13.2. The molecule has 3 fully saturated rings. The van der Waals surface area contributed by atoms with Crippen molar-refractivity contribution in [2.75, 3.05) is 26.2 Å². The van der Waals surface area contributed by atoms with E-state index in [0.29, 0.717) is 12.0 Å². The van der Waals surface area contributed by atoms with Crippen molar-refractivity contribution >= 4 is 11.8 Å². The van der Waals surface area contributed by atoms with Crippen molar-refractivity contribution < 1.29 is 9.59 Å². The highest BCUT2D eigenvalue weighted by Gasteiger charge is 2.33. The van der Waals surface area contributed by atoms with Gasteiger partial charge in [-0.25, -0.2) is 0 Å². The second-order valence-electron chi connectivity index (χ2n) is 11.5. The Morgan fingerprint density at radius 2 is 1.73 bits per heavy atom. The summed E-state index contributed by atoms with van der Waals surface area (Å²) in [6.07, 6.45) is 10.5. The molecule has 1 saturated carbocycles. The molecule has 2 unspecified atom stereocenters. The fourth-order valence-electron chi connectivity index (χ4n) is 6.49. The van der Waals surface area contributed by atoms with Crippen LogP contribution in [-0.4, -0.2) is 58.8 Å². The first kappa shape index (κ1) is 25.9. The minimum Gasteiger partial charge on any atom is -0.349 e. The highest BCUT2D eigenvalue weighted by Crippen LogP contribution is 2.32. The van der Waals surface area contributed by atoms with Gasteiger partial charge in [0.15, 0.2) is 0 Å². The summed E-state index contributed by atoms with van der Waals surface area (Å²) in [4.78, 5) is 35.1. The summed E-state index contributed by atoms with van der Waals surface area (Å²) >= 11 is 0. The van der Waals surface area contributed by atoms with Crippen LogP contribution in [0.25, 0.3) is 0 Å². The molecule has 0 bridgehead atoms. The van der Waals surface area contributed by atoms with E-state index < -0.39 is 0 Å². The molecule has 3 heterocycles. The highest BCUT2D eigenvalue weighted by atomic mass is 16.2. The van der Waals surface area contributed by atoms with Crippen LogP contribution in [0.4, 0.5) is 0 Å². The SMILES string of the molecule is Cc1ccnc(C)c1C(=O)N1CCC(N2CCCC(CC(NC(=O)C3CCC3)c3ccccc3)C2)CC1. The number of carbonyl (C=O) groups is 2. The molecule has 0 radical (unpaired) electrons. The first-order valence-corrected chi connectivity index (χ1v) is 14.3. The number of hydrogen-bond donors (Lipinski definition) is 1. The number of piperidine rings is 2. The largest absolute Gasteiger partial charge is 0.349 e. The van der Waals surface area contributed by atoms with Crippen LogP contribution in [0.1, 0.15) is 84.6 Å². The Morgan fingerprint density at radius 3 is 2.41 bits per heavy atom. The van der Waals surface area contributed by atoms with Crippen molar-refractivity contribution in [3.63, 3.8) is 0 Å². The molecule has 2 atom stereocenters. The van der Waals surface area contributed by atoms with E-state index >= 15 is 0 Å². The Balaban J connectivity index is 1.18. The standard InChI is InChI=1S/C31H42N4O2/c1-22-13-16-32-23(2)29(22)31(37)34-18-14-27(15-19-34)35-17-7-8-24(21-35)20-28(25-9-4-3-5-10-25)33-30(36)26-11-6-12-26/h3-5,9-10,13,16,24,26-28H,6-8,11-12,14-15,17-21H2,1-2H3,(H,33,36). The third-order valence-corrected chi connectivity index (χ3v) is 8.94. The third-order valence-electron chi connectivity index (χ3n) is 8.94. The Labute approximate surface area is 221 Å². The molecule has 5 rings (SSSR count). The Hall–Kier alpha value is -2.73. The lowest BCUT2D eigenvalue weighted by atomic mass is 9.83. The molecule has 3 aliphatic rings. The highest BCUT2D eigenvalue weighted by molar-refractivity contribution is 5.96. The molecule has 2 amide bonds. The summed E-state index contributed by atoms with van der Waals surface area (Å²) < 4.78 is 0. The van der Waals surface area contributed by atoms with E-state index in [1.807, 2.05) is 30.9 Å². The van der Waals surface area contributed by atoms with Crippen molar-refractivity contribution in [2.45, 2.75) is 77.3 Å². The molecule has 2 aliphatic heterocycles. The number of pyridine rings is 1. The molecule has 1 N–H and O–H groups in total. The van der Waals surface area contributed by atoms with Crippen LogP contribution in [-0.2, 0) is 4.79 Å². The van der Waals surface area contributed by atoms with Gasteiger partial charge in [-0.05, 0) is 88.4 Å². The Bertz CT molecular complexity index is 1060. The van der Waals surface area contributed by atoms with E-state index in [9.17, 15) is 9.59 Å². The van der Waals surface area contributed by atoms with Gasteiger partial charge in [-0.1, -0.05) is 36.8 Å². The van der Waals surface area contributed by atoms with Crippen LogP contribution >= 0.6 is 0 Å². The van der Waals surface area contributed by atoms with Gasteiger partial charge < -0.3 is 10.2 Å². The van der Waals surface area contributed by atoms with Crippen molar-refractivity contribution in [3.8, 4) is 0 Å². The number of nitrogens with one attached hydrogen (secondary N) is 1. The molecule has 6 heteroatoms. The fourth-order valence-corrected chi connectivity index (χ4v) is 6.49. The zero-order chi connectivity index (χ0) is 25.8. The second kappa shape index (κ2) is 11.8. The lowest BCUT2D eigenvalue weighted by molar-refractivity contribution is -0.128. The molecular formula is C31H42N4O2. The maximum atomic E-state index is 13.2. The molecule has 198 valence electrons. The molecule has 2 aromatic rings. The summed E-state index contributed by atoms with van der Waals surface area (Å²) in [5.74, 6) is 1.15. The molecule has 0 spiro atoms. The molecule has 1 aliphatic carbocycles. The van der Waals surface area contributed by atoms with Gasteiger partial charge >= 0.3 is 0 Å². The summed E-state index contributed by atoms with van der Waals surface area (Å²) in [5.41, 5.74) is 3.83. The van der Waals surface area contributed by atoms with Gasteiger partial charge in [0.2, 0.25) is 5.91 Å². The van der Waals surface area contributed by atoms with Crippen molar-refractivity contribution in [1.29, 1.82) is 0 Å². The average molecular weight is 503 g/mol. The van der Waals surface area contributed by atoms with Crippen LogP contribution in [0, 0.1) is 25.7 Å². The molecule has 1 aromatic heterocycles. The van der Waals surface area contributed by atoms with E-state index in [1.54, 1.807) is 6.20 Å². The predicted molar refractivity (Wildman–Crippen MR) is 146 cm³/mol. The molecule has 2 saturated heterocycles. The molecule has 6 nitrogen and oxygen atoms in total. The van der Waals surface area contributed by atoms with E-state index in [4.69, 9.17) is 0 Å². The molecule has 37 heavy (non-hydrogen) atoms. The number of benzene rings is 1. The third kappa shape index (κ3) is 6.06. The minimum atomic E-state index is 0.0877. The fraction of sp³-hybridized carbons (Fsp3) is 0.581. The number of aryl methyl sites for hydroxylation is 2. The normalized spacial score (nSPS) is 22.3. The topological polar surface area (TPSA) is 65.5 Å². The van der Waals surface area contributed by atoms with Gasteiger partial charge in [0.1, 0.15) is 0 Å². The summed E-state index contributed by atoms with van der Waals surface area (Å²) in [6, 6.07) is 13.1. The van der Waals surface area contributed by atoms with Gasteiger partial charge in [-0.2, -0.15) is 0 Å². The number of aromatic nitrogens is 1. The zero-order valence-corrected chi connectivity index (χ0v) is 22.5. The monoisotopic (exact) mass is 502 g/mol. The Kier molecular flexibility index (Phi) is 8.23. The summed E-state index contributed by atoms with van der Waals surface area (Å²) in [6.45, 7) is 7.77. The van der Waals surface area contributed by atoms with Gasteiger partial charge in [0.05, 0.1) is 17.3 Å². The van der Waals surface area contributed by atoms with E-state index in [0.717, 1.165) is 75.1 Å². The van der Waals surface area contributed by atoms with Gasteiger partial charge in [0.25, 0.3) is 5.91 Å². The lowest BCUT2D eigenvalue weighted by Crippen LogP contribution is -2.50. The van der Waals surface area contributed by atoms with Crippen molar-refractivity contribution in [1.82, 2.24) is 20.1 Å². The Morgan fingerprint density at radius 1 is 0.973 bits per heavy atom. The predicted octanol–water partition coefficient (Wildman–Crippen LogP) is 5.06. The number of carbonyl (C=O) groups excluding carboxylic acids is 2. The molecule has 1 aromatic carbocycles. The van der Waals surface area contributed by atoms with Crippen LogP contribution in [0.5, 0.6) is 0 Å². The molecular weight excluding hydrogens is 460 g/mol. The smallest absolute Gasteiger partial charge is 0.255 e. The maximum Gasteiger partial charge on any atom is 0.255 e. The summed E-state index contributed by atoms with van der Waals surface area (Å²) in [5, 5.41) is 3.41. The first-order chi connectivity index (χ1) is 18.0. The minimum absolute atomic E-state index is 0.0877. The van der Waals surface area contributed by atoms with E-state index in [1.165, 1.54) is 24.8 Å². The number of likely N-dealkylation sites (tertiary alicyclic amines) is 2. The van der Waals surface area contributed by atoms with Gasteiger partial charge in [-0.15, -0.1) is 0 Å². The van der Waals surface area contributed by atoms with Crippen LogP contribution in [0.15, 0.2) is 42.6 Å². The van der Waals surface area contributed by atoms with Crippen LogP contribution in [0.2, 0.25) is 0 Å². The van der Waals surface area contributed by atoms with Crippen LogP contribution in [0.3, 0.4) is 0 Å². The zero-order valence-electron chi connectivity index (χ0n) is 22.5. The van der Waals surface area contributed by atoms with Gasteiger partial charge in [-0.3, -0.25) is 19.5 Å². The van der Waals surface area contributed by atoms with E-state index in [-0.39, 0.29) is 23.8 Å². The first-order valence-electron chi connectivity index (χ1n) is 14.3. The number of nitrogens with zero attached hydrogens (tertiary/aromatic N) is 3.